The minimum atomic E-state index is 0.623. The van der Waals surface area contributed by atoms with E-state index in [0.717, 1.165) is 6.54 Å². The summed E-state index contributed by atoms with van der Waals surface area (Å²) in [6.45, 7) is 7.02. The third kappa shape index (κ3) is 6.16. The van der Waals surface area contributed by atoms with Gasteiger partial charge in [-0.3, -0.25) is 4.90 Å². The predicted molar refractivity (Wildman–Crippen MR) is 90.5 cm³/mol. The molecule has 0 amide bonds. The fraction of sp³-hybridized carbons (Fsp3) is 0.667. The molecule has 0 bridgehead atoms. The zero-order valence-electron chi connectivity index (χ0n) is 13.9. The number of hydrogen-bond donors (Lipinski definition) is 1. The van der Waals surface area contributed by atoms with Crippen molar-refractivity contribution in [1.82, 2.24) is 15.1 Å². The maximum atomic E-state index is 3.81. The Morgan fingerprint density at radius 2 is 1.86 bits per heavy atom. The SMILES string of the molecule is CC(CCN(C)C)NC1CCN(Cc2ccccc2)CC1. The molecule has 1 saturated heterocycles. The lowest BCUT2D eigenvalue weighted by atomic mass is 10.0. The highest BCUT2D eigenvalue weighted by Gasteiger charge is 2.20. The van der Waals surface area contributed by atoms with Crippen LogP contribution in [-0.2, 0) is 6.54 Å². The van der Waals surface area contributed by atoms with Gasteiger partial charge in [0.1, 0.15) is 0 Å². The van der Waals surface area contributed by atoms with Crippen LogP contribution in [0, 0.1) is 0 Å². The Morgan fingerprint density at radius 3 is 2.48 bits per heavy atom. The fourth-order valence-electron chi connectivity index (χ4n) is 3.04. The Hall–Kier alpha value is -0.900. The number of hydrogen-bond acceptors (Lipinski definition) is 3. The van der Waals surface area contributed by atoms with Crippen molar-refractivity contribution in [3.63, 3.8) is 0 Å². The molecule has 0 saturated carbocycles. The molecule has 3 heteroatoms. The van der Waals surface area contributed by atoms with Gasteiger partial charge in [0.15, 0.2) is 0 Å². The summed E-state index contributed by atoms with van der Waals surface area (Å²) in [5, 5.41) is 3.81. The molecular formula is C18H31N3. The lowest BCUT2D eigenvalue weighted by molar-refractivity contribution is 0.183. The molecule has 2 rings (SSSR count). The highest BCUT2D eigenvalue weighted by Crippen LogP contribution is 2.14. The first kappa shape index (κ1) is 16.5. The summed E-state index contributed by atoms with van der Waals surface area (Å²) in [4.78, 5) is 4.85. The maximum absolute atomic E-state index is 3.81. The summed E-state index contributed by atoms with van der Waals surface area (Å²) < 4.78 is 0. The second kappa shape index (κ2) is 8.52. The summed E-state index contributed by atoms with van der Waals surface area (Å²) in [7, 11) is 4.30. The molecule has 1 aliphatic rings. The second-order valence-corrected chi connectivity index (χ2v) is 6.70. The third-order valence-corrected chi connectivity index (χ3v) is 4.37. The predicted octanol–water partition coefficient (Wildman–Crippen LogP) is 2.58. The van der Waals surface area contributed by atoms with Gasteiger partial charge in [-0.1, -0.05) is 30.3 Å². The van der Waals surface area contributed by atoms with E-state index in [1.807, 2.05) is 0 Å². The van der Waals surface area contributed by atoms with Gasteiger partial charge < -0.3 is 10.2 Å². The van der Waals surface area contributed by atoms with Gasteiger partial charge in [-0.15, -0.1) is 0 Å². The van der Waals surface area contributed by atoms with Crippen LogP contribution in [0.3, 0.4) is 0 Å². The van der Waals surface area contributed by atoms with Crippen molar-refractivity contribution in [2.75, 3.05) is 33.7 Å². The number of nitrogens with zero attached hydrogens (tertiary/aromatic N) is 2. The number of rotatable bonds is 7. The molecule has 1 atom stereocenters. The highest BCUT2D eigenvalue weighted by molar-refractivity contribution is 5.14. The molecule has 1 fully saturated rings. The van der Waals surface area contributed by atoms with E-state index in [2.05, 4.69) is 66.5 Å². The van der Waals surface area contributed by atoms with Crippen LogP contribution < -0.4 is 5.32 Å². The van der Waals surface area contributed by atoms with Crippen molar-refractivity contribution in [2.24, 2.45) is 0 Å². The van der Waals surface area contributed by atoms with Crippen LogP contribution in [0.25, 0.3) is 0 Å². The minimum absolute atomic E-state index is 0.623. The molecular weight excluding hydrogens is 258 g/mol. The smallest absolute Gasteiger partial charge is 0.0233 e. The van der Waals surface area contributed by atoms with Crippen molar-refractivity contribution in [2.45, 2.75) is 44.8 Å². The van der Waals surface area contributed by atoms with E-state index in [1.165, 1.54) is 44.5 Å². The van der Waals surface area contributed by atoms with E-state index in [4.69, 9.17) is 0 Å². The number of benzene rings is 1. The Morgan fingerprint density at radius 1 is 1.19 bits per heavy atom. The second-order valence-electron chi connectivity index (χ2n) is 6.70. The molecule has 3 nitrogen and oxygen atoms in total. The van der Waals surface area contributed by atoms with E-state index in [1.54, 1.807) is 0 Å². The van der Waals surface area contributed by atoms with E-state index >= 15 is 0 Å². The molecule has 1 aromatic rings. The monoisotopic (exact) mass is 289 g/mol. The zero-order chi connectivity index (χ0) is 15.1. The van der Waals surface area contributed by atoms with Crippen LogP contribution in [0.5, 0.6) is 0 Å². The number of likely N-dealkylation sites (tertiary alicyclic amines) is 1. The van der Waals surface area contributed by atoms with Crippen molar-refractivity contribution >= 4 is 0 Å². The van der Waals surface area contributed by atoms with Gasteiger partial charge in [-0.05, 0) is 65.5 Å². The van der Waals surface area contributed by atoms with E-state index in [9.17, 15) is 0 Å². The first-order valence-corrected chi connectivity index (χ1v) is 8.30. The molecule has 0 spiro atoms. The van der Waals surface area contributed by atoms with Gasteiger partial charge in [0.2, 0.25) is 0 Å². The Kier molecular flexibility index (Phi) is 6.68. The average Bonchev–Trinajstić information content (AvgIpc) is 2.48. The quantitative estimate of drug-likeness (QED) is 0.832. The van der Waals surface area contributed by atoms with Crippen LogP contribution >= 0.6 is 0 Å². The van der Waals surface area contributed by atoms with Crippen LogP contribution in [-0.4, -0.2) is 55.6 Å². The van der Waals surface area contributed by atoms with Crippen molar-refractivity contribution in [3.8, 4) is 0 Å². The lowest BCUT2D eigenvalue weighted by Gasteiger charge is -2.34. The molecule has 1 N–H and O–H groups in total. The standard InChI is InChI=1S/C18H31N3/c1-16(9-12-20(2)3)19-18-10-13-21(14-11-18)15-17-7-5-4-6-8-17/h4-8,16,18-19H,9-15H2,1-3H3. The third-order valence-electron chi connectivity index (χ3n) is 4.37. The van der Waals surface area contributed by atoms with Crippen LogP contribution in [0.4, 0.5) is 0 Å². The van der Waals surface area contributed by atoms with Gasteiger partial charge in [0.25, 0.3) is 0 Å². The van der Waals surface area contributed by atoms with Crippen LogP contribution in [0.15, 0.2) is 30.3 Å². The molecule has 21 heavy (non-hydrogen) atoms. The molecule has 0 aromatic heterocycles. The molecule has 0 aliphatic carbocycles. The number of nitrogens with one attached hydrogen (secondary N) is 1. The molecule has 1 heterocycles. The zero-order valence-corrected chi connectivity index (χ0v) is 13.9. The van der Waals surface area contributed by atoms with Crippen LogP contribution in [0.1, 0.15) is 31.7 Å². The van der Waals surface area contributed by atoms with Gasteiger partial charge in [-0.25, -0.2) is 0 Å². The van der Waals surface area contributed by atoms with Gasteiger partial charge in [-0.2, -0.15) is 0 Å². The summed E-state index contributed by atoms with van der Waals surface area (Å²) in [5.41, 5.74) is 1.43. The van der Waals surface area contributed by atoms with E-state index in [-0.39, 0.29) is 0 Å². The first-order chi connectivity index (χ1) is 10.1. The lowest BCUT2D eigenvalue weighted by Crippen LogP contribution is -2.45. The highest BCUT2D eigenvalue weighted by atomic mass is 15.1. The van der Waals surface area contributed by atoms with Gasteiger partial charge >= 0.3 is 0 Å². The maximum Gasteiger partial charge on any atom is 0.0233 e. The van der Waals surface area contributed by atoms with E-state index < -0.39 is 0 Å². The van der Waals surface area contributed by atoms with Crippen molar-refractivity contribution in [3.05, 3.63) is 35.9 Å². The topological polar surface area (TPSA) is 18.5 Å². The summed E-state index contributed by atoms with van der Waals surface area (Å²) in [6, 6.07) is 12.1. The van der Waals surface area contributed by atoms with E-state index in [0.29, 0.717) is 12.1 Å². The van der Waals surface area contributed by atoms with Gasteiger partial charge in [0, 0.05) is 18.6 Å². The number of piperidine rings is 1. The summed E-state index contributed by atoms with van der Waals surface area (Å²) in [6.07, 6.45) is 3.79. The molecule has 118 valence electrons. The first-order valence-electron chi connectivity index (χ1n) is 8.30. The summed E-state index contributed by atoms with van der Waals surface area (Å²) >= 11 is 0. The molecule has 0 radical (unpaired) electrons. The molecule has 1 aliphatic heterocycles. The molecule has 1 aromatic carbocycles. The Labute approximate surface area is 130 Å². The Bertz CT molecular complexity index is 383. The fourth-order valence-corrected chi connectivity index (χ4v) is 3.04. The largest absolute Gasteiger partial charge is 0.311 e. The van der Waals surface area contributed by atoms with Crippen LogP contribution in [0.2, 0.25) is 0 Å². The van der Waals surface area contributed by atoms with Crippen molar-refractivity contribution in [1.29, 1.82) is 0 Å². The molecule has 1 unspecified atom stereocenters. The summed E-state index contributed by atoms with van der Waals surface area (Å²) in [5.74, 6) is 0. The average molecular weight is 289 g/mol. The van der Waals surface area contributed by atoms with Crippen molar-refractivity contribution < 1.29 is 0 Å². The normalized spacial score (nSPS) is 19.0. The minimum Gasteiger partial charge on any atom is -0.311 e. The Balaban J connectivity index is 1.66. The van der Waals surface area contributed by atoms with Gasteiger partial charge in [0.05, 0.1) is 0 Å².